The van der Waals surface area contributed by atoms with Crippen LogP contribution in [0.1, 0.15) is 44.5 Å². The van der Waals surface area contributed by atoms with Gasteiger partial charge in [-0.05, 0) is 37.2 Å². The summed E-state index contributed by atoms with van der Waals surface area (Å²) in [6.45, 7) is 2.39. The number of nitrogens with one attached hydrogen (secondary N) is 1. The third kappa shape index (κ3) is 4.77. The van der Waals surface area contributed by atoms with Crippen molar-refractivity contribution < 1.29 is 4.79 Å². The van der Waals surface area contributed by atoms with Crippen LogP contribution in [0.3, 0.4) is 0 Å². The normalized spacial score (nSPS) is 17.8. The van der Waals surface area contributed by atoms with Crippen LogP contribution in [0.5, 0.6) is 0 Å². The molecular weight excluding hydrogens is 434 g/mol. The molecule has 5 rings (SSSR count). The first kappa shape index (κ1) is 21.2. The molecule has 8 nitrogen and oxygen atoms in total. The first-order valence-electron chi connectivity index (χ1n) is 10.8. The van der Waals surface area contributed by atoms with Gasteiger partial charge in [0.15, 0.2) is 5.13 Å². The van der Waals surface area contributed by atoms with E-state index in [1.807, 2.05) is 42.6 Å². The summed E-state index contributed by atoms with van der Waals surface area (Å²) in [6.07, 6.45) is 9.32. The van der Waals surface area contributed by atoms with Crippen LogP contribution in [0.15, 0.2) is 54.3 Å². The average Bonchev–Trinajstić information content (AvgIpc) is 3.45. The molecule has 0 saturated heterocycles. The first-order chi connectivity index (χ1) is 16.1. The molecule has 3 aromatic rings. The molecule has 1 unspecified atom stereocenters. The second kappa shape index (κ2) is 9.10. The lowest BCUT2D eigenvalue weighted by atomic mass is 9.95. The molecule has 1 aliphatic heterocycles. The third-order valence-electron chi connectivity index (χ3n) is 5.84. The quantitative estimate of drug-likeness (QED) is 0.629. The standard InChI is InChI=1S/C24H23N7OS/c1-30-10-9-20-22(15-30)33-24(26-20)27-23(32)19-4-2-3-17(11-19)13-31-14-21(28-29-31)18-7-5-16(12-25)6-8-18/h2-7,11,14,18H,8-10,13,15H2,1H3,(H,26,27,32). The van der Waals surface area contributed by atoms with E-state index in [1.54, 1.807) is 22.1 Å². The molecule has 1 aromatic carbocycles. The van der Waals surface area contributed by atoms with Crippen molar-refractivity contribution in [1.82, 2.24) is 24.9 Å². The summed E-state index contributed by atoms with van der Waals surface area (Å²) in [4.78, 5) is 20.9. The maximum absolute atomic E-state index is 12.8. The summed E-state index contributed by atoms with van der Waals surface area (Å²) < 4.78 is 1.77. The number of fused-ring (bicyclic) bond motifs is 1. The molecular formula is C24H23N7OS. The summed E-state index contributed by atoms with van der Waals surface area (Å²) in [5, 5.41) is 21.1. The van der Waals surface area contributed by atoms with Gasteiger partial charge in [0.1, 0.15) is 0 Å². The van der Waals surface area contributed by atoms with Gasteiger partial charge in [0.25, 0.3) is 5.91 Å². The smallest absolute Gasteiger partial charge is 0.257 e. The number of rotatable bonds is 5. The van der Waals surface area contributed by atoms with Gasteiger partial charge in [-0.3, -0.25) is 10.1 Å². The topological polar surface area (TPSA) is 99.7 Å². The summed E-state index contributed by atoms with van der Waals surface area (Å²) in [7, 11) is 2.10. The van der Waals surface area contributed by atoms with Gasteiger partial charge in [-0.15, -0.1) is 16.4 Å². The molecule has 0 fully saturated rings. The molecule has 1 atom stereocenters. The molecule has 2 aromatic heterocycles. The number of hydrogen-bond acceptors (Lipinski definition) is 7. The van der Waals surface area contributed by atoms with Crippen molar-refractivity contribution in [2.24, 2.45) is 0 Å². The van der Waals surface area contributed by atoms with Crippen molar-refractivity contribution in [2.45, 2.75) is 31.8 Å². The van der Waals surface area contributed by atoms with Gasteiger partial charge in [0.2, 0.25) is 0 Å². The number of nitrogens with zero attached hydrogens (tertiary/aromatic N) is 6. The number of thiazole rings is 1. The molecule has 0 bridgehead atoms. The highest BCUT2D eigenvalue weighted by Crippen LogP contribution is 2.28. The zero-order chi connectivity index (χ0) is 22.8. The number of amides is 1. The van der Waals surface area contributed by atoms with E-state index in [4.69, 9.17) is 5.26 Å². The van der Waals surface area contributed by atoms with Gasteiger partial charge < -0.3 is 4.90 Å². The average molecular weight is 458 g/mol. The van der Waals surface area contributed by atoms with Crippen molar-refractivity contribution >= 4 is 22.4 Å². The van der Waals surface area contributed by atoms with Crippen LogP contribution in [0.4, 0.5) is 5.13 Å². The number of benzene rings is 1. The predicted octanol–water partition coefficient (Wildman–Crippen LogP) is 3.52. The van der Waals surface area contributed by atoms with E-state index in [-0.39, 0.29) is 11.8 Å². The van der Waals surface area contributed by atoms with Crippen LogP contribution in [0.2, 0.25) is 0 Å². The Morgan fingerprint density at radius 1 is 1.39 bits per heavy atom. The molecule has 0 spiro atoms. The summed E-state index contributed by atoms with van der Waals surface area (Å²) in [6, 6.07) is 9.68. The number of nitriles is 1. The monoisotopic (exact) mass is 457 g/mol. The van der Waals surface area contributed by atoms with Crippen LogP contribution in [-0.4, -0.2) is 44.4 Å². The lowest BCUT2D eigenvalue weighted by Crippen LogP contribution is -2.25. The van der Waals surface area contributed by atoms with Crippen molar-refractivity contribution in [1.29, 1.82) is 5.26 Å². The Bertz CT molecular complexity index is 1300. The van der Waals surface area contributed by atoms with Crippen LogP contribution < -0.4 is 5.32 Å². The lowest BCUT2D eigenvalue weighted by Gasteiger charge is -2.20. The van der Waals surface area contributed by atoms with Gasteiger partial charge in [-0.2, -0.15) is 5.26 Å². The highest BCUT2D eigenvalue weighted by Gasteiger charge is 2.20. The Morgan fingerprint density at radius 2 is 2.30 bits per heavy atom. The molecule has 1 aliphatic carbocycles. The van der Waals surface area contributed by atoms with E-state index >= 15 is 0 Å². The Balaban J connectivity index is 1.24. The molecule has 166 valence electrons. The van der Waals surface area contributed by atoms with Gasteiger partial charge in [0.05, 0.1) is 24.0 Å². The minimum atomic E-state index is -0.164. The number of hydrogen-bond donors (Lipinski definition) is 1. The number of carbonyl (C=O) groups is 1. The Labute approximate surface area is 195 Å². The molecule has 0 radical (unpaired) electrons. The van der Waals surface area contributed by atoms with Crippen molar-refractivity contribution in [3.05, 3.63) is 81.7 Å². The highest BCUT2D eigenvalue weighted by molar-refractivity contribution is 7.15. The largest absolute Gasteiger partial charge is 0.301 e. The fourth-order valence-corrected chi connectivity index (χ4v) is 5.11. The van der Waals surface area contributed by atoms with E-state index in [0.29, 0.717) is 22.8 Å². The van der Waals surface area contributed by atoms with Crippen molar-refractivity contribution in [2.75, 3.05) is 18.9 Å². The molecule has 9 heteroatoms. The van der Waals surface area contributed by atoms with E-state index in [2.05, 4.69) is 38.6 Å². The number of aromatic nitrogens is 4. The summed E-state index contributed by atoms with van der Waals surface area (Å²) in [5.41, 5.74) is 4.19. The second-order valence-corrected chi connectivity index (χ2v) is 9.43. The maximum atomic E-state index is 12.8. The molecule has 2 aliphatic rings. The minimum absolute atomic E-state index is 0.122. The number of allylic oxidation sites excluding steroid dienone is 4. The van der Waals surface area contributed by atoms with E-state index < -0.39 is 0 Å². The van der Waals surface area contributed by atoms with E-state index in [0.717, 1.165) is 42.9 Å². The number of anilines is 1. The molecule has 3 heterocycles. The van der Waals surface area contributed by atoms with Crippen LogP contribution in [-0.2, 0) is 19.5 Å². The number of likely N-dealkylation sites (N-methyl/N-ethyl adjacent to an activating group) is 1. The van der Waals surface area contributed by atoms with Crippen LogP contribution in [0, 0.1) is 11.3 Å². The van der Waals surface area contributed by atoms with E-state index in [9.17, 15) is 4.79 Å². The Morgan fingerprint density at radius 3 is 3.12 bits per heavy atom. The minimum Gasteiger partial charge on any atom is -0.301 e. The molecule has 1 amide bonds. The van der Waals surface area contributed by atoms with Gasteiger partial charge in [0, 0.05) is 47.6 Å². The Kier molecular flexibility index (Phi) is 5.86. The maximum Gasteiger partial charge on any atom is 0.257 e. The van der Waals surface area contributed by atoms with Crippen LogP contribution in [0.25, 0.3) is 0 Å². The zero-order valence-corrected chi connectivity index (χ0v) is 19.0. The predicted molar refractivity (Wildman–Crippen MR) is 126 cm³/mol. The first-order valence-corrected chi connectivity index (χ1v) is 11.6. The zero-order valence-electron chi connectivity index (χ0n) is 18.2. The SMILES string of the molecule is CN1CCc2nc(NC(=O)c3cccc(Cn4cc(C5C=CC(C#N)=CC5)nn4)c3)sc2C1. The third-order valence-corrected chi connectivity index (χ3v) is 6.84. The fraction of sp³-hybridized carbons (Fsp3) is 0.292. The summed E-state index contributed by atoms with van der Waals surface area (Å²) >= 11 is 1.55. The van der Waals surface area contributed by atoms with Crippen molar-refractivity contribution in [3.8, 4) is 6.07 Å². The molecule has 1 N–H and O–H groups in total. The lowest BCUT2D eigenvalue weighted by molar-refractivity contribution is 0.102. The Hall–Kier alpha value is -3.61. The van der Waals surface area contributed by atoms with Gasteiger partial charge >= 0.3 is 0 Å². The number of carbonyl (C=O) groups excluding carboxylic acids is 1. The van der Waals surface area contributed by atoms with Crippen LogP contribution >= 0.6 is 11.3 Å². The van der Waals surface area contributed by atoms with Crippen molar-refractivity contribution in [3.63, 3.8) is 0 Å². The van der Waals surface area contributed by atoms with Gasteiger partial charge in [-0.1, -0.05) is 29.5 Å². The van der Waals surface area contributed by atoms with E-state index in [1.165, 1.54) is 4.88 Å². The second-order valence-electron chi connectivity index (χ2n) is 8.34. The summed E-state index contributed by atoms with van der Waals surface area (Å²) in [5.74, 6) is -0.0418. The molecule has 0 saturated carbocycles. The van der Waals surface area contributed by atoms with Gasteiger partial charge in [-0.25, -0.2) is 9.67 Å². The molecule has 33 heavy (non-hydrogen) atoms. The highest BCUT2D eigenvalue weighted by atomic mass is 32.1. The fourth-order valence-electron chi connectivity index (χ4n) is 4.03.